The van der Waals surface area contributed by atoms with E-state index in [1.54, 1.807) is 7.05 Å². The summed E-state index contributed by atoms with van der Waals surface area (Å²) in [6, 6.07) is 3.96. The van der Waals surface area contributed by atoms with Gasteiger partial charge in [-0.05, 0) is 25.1 Å². The Morgan fingerprint density at radius 1 is 1.44 bits per heavy atom. The van der Waals surface area contributed by atoms with Crippen molar-refractivity contribution in [3.8, 4) is 5.75 Å². The second-order valence-electron chi connectivity index (χ2n) is 3.66. The molecule has 98 valence electrons. The first-order chi connectivity index (χ1) is 8.49. The van der Waals surface area contributed by atoms with Crippen LogP contribution in [0, 0.1) is 0 Å². The van der Waals surface area contributed by atoms with Crippen molar-refractivity contribution in [3.05, 3.63) is 23.8 Å². The number of amides is 2. The Kier molecular flexibility index (Phi) is 4.53. The number of carboxylic acids is 1. The number of aromatic carboxylic acids is 1. The first kappa shape index (κ1) is 13.8. The molecule has 6 nitrogen and oxygen atoms in total. The number of carboxylic acid groups (broad SMARTS) is 1. The number of carbonyl (C=O) groups excluding carboxylic acids is 1. The van der Waals surface area contributed by atoms with Crippen LogP contribution in [0.1, 0.15) is 17.3 Å². The van der Waals surface area contributed by atoms with E-state index in [-0.39, 0.29) is 11.6 Å². The normalized spacial score (nSPS) is 9.72. The van der Waals surface area contributed by atoms with Crippen molar-refractivity contribution in [1.82, 2.24) is 4.90 Å². The molecule has 0 fully saturated rings. The number of rotatable bonds is 4. The molecule has 2 amide bonds. The van der Waals surface area contributed by atoms with Crippen molar-refractivity contribution < 1.29 is 19.4 Å². The van der Waals surface area contributed by atoms with Crippen molar-refractivity contribution in [2.75, 3.05) is 26.0 Å². The monoisotopic (exact) mass is 252 g/mol. The molecule has 1 aromatic rings. The minimum absolute atomic E-state index is 0.0882. The highest BCUT2D eigenvalue weighted by Gasteiger charge is 2.13. The van der Waals surface area contributed by atoms with E-state index < -0.39 is 5.97 Å². The summed E-state index contributed by atoms with van der Waals surface area (Å²) in [5.74, 6) is -0.644. The zero-order chi connectivity index (χ0) is 13.7. The molecule has 0 heterocycles. The van der Waals surface area contributed by atoms with Gasteiger partial charge in [-0.1, -0.05) is 0 Å². The Hall–Kier alpha value is -2.24. The van der Waals surface area contributed by atoms with Crippen molar-refractivity contribution >= 4 is 17.7 Å². The van der Waals surface area contributed by atoms with Crippen LogP contribution in [0.15, 0.2) is 18.2 Å². The second-order valence-corrected chi connectivity index (χ2v) is 3.66. The number of ether oxygens (including phenoxy) is 1. The molecule has 1 rings (SSSR count). The van der Waals surface area contributed by atoms with Crippen LogP contribution >= 0.6 is 0 Å². The molecule has 0 unspecified atom stereocenters. The molecule has 0 spiro atoms. The third-order valence-corrected chi connectivity index (χ3v) is 2.51. The van der Waals surface area contributed by atoms with Crippen molar-refractivity contribution in [2.24, 2.45) is 0 Å². The van der Waals surface area contributed by atoms with E-state index in [0.717, 1.165) is 0 Å². The van der Waals surface area contributed by atoms with Crippen LogP contribution in [-0.4, -0.2) is 42.7 Å². The second kappa shape index (κ2) is 5.90. The summed E-state index contributed by atoms with van der Waals surface area (Å²) in [5, 5.41) is 11.5. The third-order valence-electron chi connectivity index (χ3n) is 2.51. The Morgan fingerprint density at radius 2 is 2.11 bits per heavy atom. The zero-order valence-corrected chi connectivity index (χ0v) is 10.6. The van der Waals surface area contributed by atoms with Gasteiger partial charge in [-0.2, -0.15) is 0 Å². The van der Waals surface area contributed by atoms with Gasteiger partial charge in [0.05, 0.1) is 18.4 Å². The first-order valence-electron chi connectivity index (χ1n) is 5.43. The molecule has 2 N–H and O–H groups in total. The van der Waals surface area contributed by atoms with Gasteiger partial charge < -0.3 is 20.1 Å². The lowest BCUT2D eigenvalue weighted by Crippen LogP contribution is -2.31. The van der Waals surface area contributed by atoms with Gasteiger partial charge in [0.2, 0.25) is 0 Å². The summed E-state index contributed by atoms with van der Waals surface area (Å²) in [5.41, 5.74) is 0.424. The number of benzene rings is 1. The van der Waals surface area contributed by atoms with Crippen LogP contribution in [0.3, 0.4) is 0 Å². The maximum Gasteiger partial charge on any atom is 0.335 e. The highest BCUT2D eigenvalue weighted by Crippen LogP contribution is 2.25. The van der Waals surface area contributed by atoms with Crippen molar-refractivity contribution in [2.45, 2.75) is 6.92 Å². The van der Waals surface area contributed by atoms with Crippen molar-refractivity contribution in [3.63, 3.8) is 0 Å². The number of anilines is 1. The number of urea groups is 1. The van der Waals surface area contributed by atoms with Gasteiger partial charge in [0.15, 0.2) is 0 Å². The van der Waals surface area contributed by atoms with Gasteiger partial charge in [0, 0.05) is 13.6 Å². The predicted molar refractivity (Wildman–Crippen MR) is 67.3 cm³/mol. The fourth-order valence-electron chi connectivity index (χ4n) is 1.29. The third kappa shape index (κ3) is 3.13. The zero-order valence-electron chi connectivity index (χ0n) is 10.6. The van der Waals surface area contributed by atoms with Crippen LogP contribution in [0.25, 0.3) is 0 Å². The summed E-state index contributed by atoms with van der Waals surface area (Å²) in [6.07, 6.45) is 0. The van der Waals surface area contributed by atoms with E-state index in [4.69, 9.17) is 9.84 Å². The Morgan fingerprint density at radius 3 is 2.61 bits per heavy atom. The van der Waals surface area contributed by atoms with E-state index in [2.05, 4.69) is 5.32 Å². The van der Waals surface area contributed by atoms with E-state index in [1.165, 1.54) is 30.2 Å². The van der Waals surface area contributed by atoms with Crippen molar-refractivity contribution in [1.29, 1.82) is 0 Å². The highest BCUT2D eigenvalue weighted by atomic mass is 16.5. The molecule has 0 aliphatic carbocycles. The Labute approximate surface area is 105 Å². The van der Waals surface area contributed by atoms with Crippen LogP contribution in [-0.2, 0) is 0 Å². The number of hydrogen-bond acceptors (Lipinski definition) is 3. The van der Waals surface area contributed by atoms with Gasteiger partial charge in [-0.3, -0.25) is 0 Å². The SMILES string of the molecule is CCN(C)C(=O)Nc1cc(C(=O)O)ccc1OC. The summed E-state index contributed by atoms with van der Waals surface area (Å²) in [4.78, 5) is 24.0. The molecule has 0 aliphatic heterocycles. The molecule has 0 aromatic heterocycles. The lowest BCUT2D eigenvalue weighted by atomic mass is 10.2. The van der Waals surface area contributed by atoms with Gasteiger partial charge in [-0.15, -0.1) is 0 Å². The van der Waals surface area contributed by atoms with Crippen LogP contribution in [0.5, 0.6) is 5.75 Å². The summed E-state index contributed by atoms with van der Waals surface area (Å²) in [7, 11) is 3.10. The molecule has 0 saturated heterocycles. The lowest BCUT2D eigenvalue weighted by molar-refractivity contribution is 0.0697. The predicted octanol–water partition coefficient (Wildman–Crippen LogP) is 1.88. The first-order valence-corrected chi connectivity index (χ1v) is 5.43. The van der Waals surface area contributed by atoms with Crippen LogP contribution in [0.2, 0.25) is 0 Å². The van der Waals surface area contributed by atoms with E-state index in [0.29, 0.717) is 18.0 Å². The average molecular weight is 252 g/mol. The van der Waals surface area contributed by atoms with Gasteiger partial charge >= 0.3 is 12.0 Å². The smallest absolute Gasteiger partial charge is 0.335 e. The maximum absolute atomic E-state index is 11.7. The molecular formula is C12H16N2O4. The minimum atomic E-state index is -1.06. The van der Waals surface area contributed by atoms with Crippen LogP contribution in [0.4, 0.5) is 10.5 Å². The van der Waals surface area contributed by atoms with E-state index >= 15 is 0 Å². The number of nitrogens with zero attached hydrogens (tertiary/aromatic N) is 1. The van der Waals surface area contributed by atoms with E-state index in [1.807, 2.05) is 6.92 Å². The Balaban J connectivity index is 3.01. The Bertz CT molecular complexity index is 459. The van der Waals surface area contributed by atoms with Crippen LogP contribution < -0.4 is 10.1 Å². The number of methoxy groups -OCH3 is 1. The largest absolute Gasteiger partial charge is 0.495 e. The molecular weight excluding hydrogens is 236 g/mol. The lowest BCUT2D eigenvalue weighted by Gasteiger charge is -2.17. The summed E-state index contributed by atoms with van der Waals surface area (Å²) >= 11 is 0. The number of carbonyl (C=O) groups is 2. The summed E-state index contributed by atoms with van der Waals surface area (Å²) < 4.78 is 5.07. The molecule has 1 aromatic carbocycles. The quantitative estimate of drug-likeness (QED) is 0.857. The average Bonchev–Trinajstić information content (AvgIpc) is 2.37. The molecule has 0 bridgehead atoms. The topological polar surface area (TPSA) is 78.9 Å². The molecule has 0 aliphatic rings. The number of nitrogens with one attached hydrogen (secondary N) is 1. The molecule has 18 heavy (non-hydrogen) atoms. The molecule has 0 atom stereocenters. The molecule has 0 saturated carbocycles. The fourth-order valence-corrected chi connectivity index (χ4v) is 1.29. The minimum Gasteiger partial charge on any atom is -0.495 e. The fraction of sp³-hybridized carbons (Fsp3) is 0.333. The van der Waals surface area contributed by atoms with Gasteiger partial charge in [0.25, 0.3) is 0 Å². The van der Waals surface area contributed by atoms with Gasteiger partial charge in [-0.25, -0.2) is 9.59 Å². The standard InChI is InChI=1S/C12H16N2O4/c1-4-14(2)12(17)13-9-7-8(11(15)16)5-6-10(9)18-3/h5-7H,4H2,1-3H3,(H,13,17)(H,15,16). The summed E-state index contributed by atoms with van der Waals surface area (Å²) in [6.45, 7) is 2.39. The number of hydrogen-bond donors (Lipinski definition) is 2. The maximum atomic E-state index is 11.7. The van der Waals surface area contributed by atoms with E-state index in [9.17, 15) is 9.59 Å². The molecule has 0 radical (unpaired) electrons. The van der Waals surface area contributed by atoms with Gasteiger partial charge in [0.1, 0.15) is 5.75 Å². The highest BCUT2D eigenvalue weighted by molar-refractivity contribution is 5.94. The molecule has 6 heteroatoms.